The van der Waals surface area contributed by atoms with Gasteiger partial charge in [0.2, 0.25) is 0 Å². The number of carbonyl (C=O) groups excluding carboxylic acids is 1. The Morgan fingerprint density at radius 3 is 2.43 bits per heavy atom. The van der Waals surface area contributed by atoms with Gasteiger partial charge in [-0.1, -0.05) is 0 Å². The Morgan fingerprint density at radius 2 is 1.89 bits per heavy atom. The van der Waals surface area contributed by atoms with Crippen LogP contribution < -0.4 is 11.1 Å². The van der Waals surface area contributed by atoms with Gasteiger partial charge < -0.3 is 25.4 Å². The first-order valence-corrected chi connectivity index (χ1v) is 10.4. The molecule has 0 aromatic carbocycles. The van der Waals surface area contributed by atoms with Crippen LogP contribution in [0.2, 0.25) is 0 Å². The Morgan fingerprint density at radius 1 is 1.23 bits per heavy atom. The standard InChI is InChI=1S/C20H26F6N6O3/c1-17(2,19(21,22)23)35-8-12(27)13-7-32-15(29-13)5-11(6-28-32)14(9-34-4)31-10-18(3,20(24,25)26)30-16(31)33/h5-7,12,14H,8-10,27H2,1-4H3,(H,30,33)/t12-,14?,18-/m0/s1. The minimum absolute atomic E-state index is 0.118. The topological polar surface area (TPSA) is 107 Å². The van der Waals surface area contributed by atoms with Crippen molar-refractivity contribution in [1.29, 1.82) is 0 Å². The highest BCUT2D eigenvalue weighted by molar-refractivity contribution is 5.78. The van der Waals surface area contributed by atoms with E-state index in [1.165, 1.54) is 30.1 Å². The molecule has 3 N–H and O–H groups in total. The van der Waals surface area contributed by atoms with Gasteiger partial charge in [0.25, 0.3) is 0 Å². The van der Waals surface area contributed by atoms with Crippen LogP contribution in [-0.2, 0) is 9.47 Å². The van der Waals surface area contributed by atoms with E-state index in [1.54, 1.807) is 0 Å². The predicted molar refractivity (Wildman–Crippen MR) is 110 cm³/mol. The second-order valence-corrected chi connectivity index (χ2v) is 9.04. The van der Waals surface area contributed by atoms with Crippen molar-refractivity contribution in [2.75, 3.05) is 26.9 Å². The molecule has 1 unspecified atom stereocenters. The fraction of sp³-hybridized carbons (Fsp3) is 0.650. The summed E-state index contributed by atoms with van der Waals surface area (Å²) < 4.78 is 90.7. The van der Waals surface area contributed by atoms with Crippen LogP contribution in [0, 0.1) is 0 Å². The van der Waals surface area contributed by atoms with Gasteiger partial charge in [0.05, 0.1) is 49.9 Å². The Hall–Kier alpha value is -2.65. The first kappa shape index (κ1) is 26.9. The molecule has 0 radical (unpaired) electrons. The third kappa shape index (κ3) is 5.30. The number of methoxy groups -OCH3 is 1. The number of nitrogens with one attached hydrogen (secondary N) is 1. The smallest absolute Gasteiger partial charge is 0.382 e. The van der Waals surface area contributed by atoms with Crippen LogP contribution in [0.4, 0.5) is 31.1 Å². The van der Waals surface area contributed by atoms with E-state index in [4.69, 9.17) is 15.2 Å². The fourth-order valence-corrected chi connectivity index (χ4v) is 3.43. The molecule has 0 saturated carbocycles. The van der Waals surface area contributed by atoms with Gasteiger partial charge in [-0.3, -0.25) is 0 Å². The third-order valence-corrected chi connectivity index (χ3v) is 5.89. The highest BCUT2D eigenvalue weighted by Crippen LogP contribution is 2.37. The molecule has 2 amide bonds. The molecule has 9 nitrogen and oxygen atoms in total. The van der Waals surface area contributed by atoms with Gasteiger partial charge in [-0.05, 0) is 26.8 Å². The summed E-state index contributed by atoms with van der Waals surface area (Å²) in [5.74, 6) is 0. The number of urea groups is 1. The Kier molecular flexibility index (Phi) is 7.00. The van der Waals surface area contributed by atoms with Gasteiger partial charge in [0.15, 0.2) is 16.8 Å². The average molecular weight is 512 g/mol. The number of nitrogens with two attached hydrogens (primary N) is 1. The number of halogens is 6. The summed E-state index contributed by atoms with van der Waals surface area (Å²) in [7, 11) is 1.34. The van der Waals surface area contributed by atoms with Gasteiger partial charge in [-0.15, -0.1) is 0 Å². The molecule has 2 aromatic heterocycles. The number of hydrogen-bond acceptors (Lipinski definition) is 6. The summed E-state index contributed by atoms with van der Waals surface area (Å²) in [5, 5.41) is 6.14. The maximum absolute atomic E-state index is 13.4. The summed E-state index contributed by atoms with van der Waals surface area (Å²) in [4.78, 5) is 17.7. The number of carbonyl (C=O) groups is 1. The number of amides is 2. The van der Waals surface area contributed by atoms with E-state index in [0.29, 0.717) is 5.56 Å². The largest absolute Gasteiger partial charge is 0.416 e. The van der Waals surface area contributed by atoms with Crippen LogP contribution in [0.15, 0.2) is 18.5 Å². The average Bonchev–Trinajstić information content (AvgIpc) is 3.29. The van der Waals surface area contributed by atoms with Crippen molar-refractivity contribution in [3.05, 3.63) is 29.7 Å². The van der Waals surface area contributed by atoms with E-state index in [0.717, 1.165) is 25.7 Å². The van der Waals surface area contributed by atoms with Crippen molar-refractivity contribution in [3.8, 4) is 0 Å². The molecule has 0 spiro atoms. The quantitative estimate of drug-likeness (QED) is 0.527. The van der Waals surface area contributed by atoms with Gasteiger partial charge in [0, 0.05) is 12.7 Å². The zero-order valence-corrected chi connectivity index (χ0v) is 19.4. The monoisotopic (exact) mass is 512 g/mol. The van der Waals surface area contributed by atoms with Gasteiger partial charge in [-0.25, -0.2) is 14.3 Å². The molecule has 1 aliphatic rings. The van der Waals surface area contributed by atoms with Crippen LogP contribution >= 0.6 is 0 Å². The van der Waals surface area contributed by atoms with E-state index < -0.39 is 54.8 Å². The fourth-order valence-electron chi connectivity index (χ4n) is 3.43. The van der Waals surface area contributed by atoms with Crippen LogP contribution in [-0.4, -0.2) is 75.9 Å². The van der Waals surface area contributed by atoms with Crippen molar-refractivity contribution >= 4 is 11.7 Å². The normalized spacial score (nSPS) is 21.5. The summed E-state index contributed by atoms with van der Waals surface area (Å²) in [6.45, 7) is 1.41. The lowest BCUT2D eigenvalue weighted by molar-refractivity contribution is -0.264. The molecule has 35 heavy (non-hydrogen) atoms. The lowest BCUT2D eigenvalue weighted by Crippen LogP contribution is -2.53. The van der Waals surface area contributed by atoms with Crippen molar-refractivity contribution < 1.29 is 40.6 Å². The summed E-state index contributed by atoms with van der Waals surface area (Å²) in [6, 6.07) is -1.34. The Labute approximate surface area is 196 Å². The minimum Gasteiger partial charge on any atom is -0.382 e. The van der Waals surface area contributed by atoms with Crippen molar-refractivity contribution in [2.24, 2.45) is 5.73 Å². The molecular formula is C20H26F6N6O3. The molecule has 0 bridgehead atoms. The molecule has 3 rings (SSSR count). The predicted octanol–water partition coefficient (Wildman–Crippen LogP) is 3.12. The number of aromatic nitrogens is 3. The van der Waals surface area contributed by atoms with E-state index in [9.17, 15) is 31.1 Å². The molecule has 1 saturated heterocycles. The maximum atomic E-state index is 13.4. The molecule has 3 heterocycles. The summed E-state index contributed by atoms with van der Waals surface area (Å²) in [6.07, 6.45) is -6.52. The van der Waals surface area contributed by atoms with Gasteiger partial charge in [0.1, 0.15) is 0 Å². The molecule has 196 valence electrons. The molecule has 3 atom stereocenters. The maximum Gasteiger partial charge on any atom is 0.416 e. The highest BCUT2D eigenvalue weighted by atomic mass is 19.4. The number of nitrogens with zero attached hydrogens (tertiary/aromatic N) is 4. The second-order valence-electron chi connectivity index (χ2n) is 9.04. The lowest BCUT2D eigenvalue weighted by atomic mass is 10.0. The van der Waals surface area contributed by atoms with E-state index in [-0.39, 0.29) is 17.9 Å². The minimum atomic E-state index is -4.67. The lowest BCUT2D eigenvalue weighted by Gasteiger charge is -2.29. The van der Waals surface area contributed by atoms with E-state index in [1.807, 2.05) is 5.32 Å². The third-order valence-electron chi connectivity index (χ3n) is 5.89. The number of imidazole rings is 1. The zero-order chi connectivity index (χ0) is 26.4. The Bertz CT molecular complexity index is 1070. The molecule has 2 aromatic rings. The second kappa shape index (κ2) is 9.09. The van der Waals surface area contributed by atoms with E-state index in [2.05, 4.69) is 10.1 Å². The molecular weight excluding hydrogens is 486 g/mol. The van der Waals surface area contributed by atoms with Gasteiger partial charge in [-0.2, -0.15) is 31.4 Å². The van der Waals surface area contributed by atoms with Crippen molar-refractivity contribution in [1.82, 2.24) is 24.8 Å². The first-order chi connectivity index (χ1) is 16.0. The number of fused-ring (bicyclic) bond motifs is 1. The number of hydrogen-bond donors (Lipinski definition) is 2. The molecule has 0 aliphatic carbocycles. The summed E-state index contributed by atoms with van der Waals surface area (Å²) in [5.41, 5.74) is 1.87. The van der Waals surface area contributed by atoms with E-state index >= 15 is 0 Å². The number of rotatable bonds is 8. The SMILES string of the molecule is COCC(c1cnn2cc([C@@H](N)COC(C)(C)C(F)(F)F)nc2c1)N1C[C@@](C)(C(F)(F)F)NC1=O. The van der Waals surface area contributed by atoms with Gasteiger partial charge >= 0.3 is 18.4 Å². The number of ether oxygens (including phenoxy) is 2. The van der Waals surface area contributed by atoms with Crippen LogP contribution in [0.5, 0.6) is 0 Å². The van der Waals surface area contributed by atoms with Crippen LogP contribution in [0.1, 0.15) is 44.1 Å². The zero-order valence-electron chi connectivity index (χ0n) is 19.4. The summed E-state index contributed by atoms with van der Waals surface area (Å²) >= 11 is 0. The number of alkyl halides is 6. The highest BCUT2D eigenvalue weighted by Gasteiger charge is 2.58. The molecule has 1 fully saturated rings. The molecule has 15 heteroatoms. The first-order valence-electron chi connectivity index (χ1n) is 10.4. The Balaban J connectivity index is 1.84. The van der Waals surface area contributed by atoms with Crippen LogP contribution in [0.25, 0.3) is 5.65 Å². The van der Waals surface area contributed by atoms with Crippen molar-refractivity contribution in [3.63, 3.8) is 0 Å². The van der Waals surface area contributed by atoms with Crippen molar-refractivity contribution in [2.45, 2.75) is 56.3 Å². The van der Waals surface area contributed by atoms with Crippen LogP contribution in [0.3, 0.4) is 0 Å². The molecule has 1 aliphatic heterocycles.